The zero-order valence-corrected chi connectivity index (χ0v) is 23.1. The number of piperidine rings is 1. The maximum absolute atomic E-state index is 13.6. The third kappa shape index (κ3) is 5.41. The number of para-hydroxylation sites is 1. The minimum atomic E-state index is -2.80. The van der Waals surface area contributed by atoms with Gasteiger partial charge >= 0.3 is 6.03 Å². The Morgan fingerprint density at radius 1 is 1.12 bits per heavy atom. The Morgan fingerprint density at radius 3 is 2.52 bits per heavy atom. The number of nitrogens with one attached hydrogen (secondary N) is 2. The van der Waals surface area contributed by atoms with Crippen LogP contribution in [-0.4, -0.2) is 70.5 Å². The molecule has 0 aliphatic carbocycles. The molecule has 0 atom stereocenters. The van der Waals surface area contributed by atoms with E-state index in [1.807, 2.05) is 31.2 Å². The van der Waals surface area contributed by atoms with Crippen molar-refractivity contribution in [3.05, 3.63) is 63.2 Å². The van der Waals surface area contributed by atoms with E-state index in [9.17, 15) is 23.2 Å². The molecule has 0 spiro atoms. The average Bonchev–Trinajstić information content (AvgIpc) is 3.43. The molecule has 11 heteroatoms. The number of urea groups is 1. The summed E-state index contributed by atoms with van der Waals surface area (Å²) < 4.78 is 34.7. The van der Waals surface area contributed by atoms with Crippen molar-refractivity contribution in [1.82, 2.24) is 24.7 Å². The third-order valence-corrected chi connectivity index (χ3v) is 8.10. The first kappa shape index (κ1) is 27.7. The van der Waals surface area contributed by atoms with Gasteiger partial charge in [0, 0.05) is 54.9 Å². The number of aryl methyl sites for hydroxylation is 1. The van der Waals surface area contributed by atoms with Gasteiger partial charge in [-0.05, 0) is 44.7 Å². The molecule has 0 saturated carbocycles. The lowest BCUT2D eigenvalue weighted by molar-refractivity contribution is 0.0133. The Balaban J connectivity index is 1.29. The van der Waals surface area contributed by atoms with Gasteiger partial charge in [0.25, 0.3) is 17.4 Å². The molecule has 2 N–H and O–H groups in total. The number of hydrogen-bond acceptors (Lipinski definition) is 4. The van der Waals surface area contributed by atoms with Gasteiger partial charge in [0.05, 0.1) is 31.3 Å². The van der Waals surface area contributed by atoms with E-state index < -0.39 is 12.5 Å². The number of alkyl halides is 2. The van der Waals surface area contributed by atoms with Gasteiger partial charge in [-0.3, -0.25) is 9.59 Å². The van der Waals surface area contributed by atoms with Crippen molar-refractivity contribution in [3.63, 3.8) is 0 Å². The van der Waals surface area contributed by atoms with Gasteiger partial charge in [0.15, 0.2) is 0 Å². The van der Waals surface area contributed by atoms with Crippen molar-refractivity contribution >= 4 is 22.8 Å². The standard InChI is InChI=1S/C29H35F2N5O4/c1-18-14-24(40-3)22(26(37)33-18)15-32-27(38)25-19(2)36(23-7-5-4-6-21(23)25)16-20-8-11-34(12-9-20)28(39)35-13-10-29(30,31)17-35/h4-7,14,20H,8-13,15-17H2,1-3H3,(H,32,38)(H,33,37). The number of H-pyrrole nitrogens is 1. The van der Waals surface area contributed by atoms with Gasteiger partial charge in [-0.2, -0.15) is 0 Å². The molecule has 5 rings (SSSR count). The van der Waals surface area contributed by atoms with Crippen LogP contribution < -0.4 is 15.6 Å². The summed E-state index contributed by atoms with van der Waals surface area (Å²) in [5, 5.41) is 3.72. The highest BCUT2D eigenvalue weighted by atomic mass is 19.3. The maximum Gasteiger partial charge on any atom is 0.320 e. The van der Waals surface area contributed by atoms with Crippen molar-refractivity contribution in [2.45, 2.75) is 52.1 Å². The Bertz CT molecular complexity index is 1490. The molecule has 2 saturated heterocycles. The van der Waals surface area contributed by atoms with Crippen molar-refractivity contribution < 1.29 is 23.1 Å². The summed E-state index contributed by atoms with van der Waals surface area (Å²) in [5.41, 5.74) is 3.03. The van der Waals surface area contributed by atoms with Crippen molar-refractivity contribution in [2.24, 2.45) is 5.92 Å². The molecule has 3 amide bonds. The number of hydrogen-bond donors (Lipinski definition) is 2. The molecule has 1 aromatic carbocycles. The fourth-order valence-electron chi connectivity index (χ4n) is 5.91. The molecule has 0 unspecified atom stereocenters. The van der Waals surface area contributed by atoms with Crippen LogP contribution in [0.2, 0.25) is 0 Å². The molecule has 40 heavy (non-hydrogen) atoms. The van der Waals surface area contributed by atoms with Crippen molar-refractivity contribution in [3.8, 4) is 5.75 Å². The third-order valence-electron chi connectivity index (χ3n) is 8.10. The molecule has 214 valence electrons. The van der Waals surface area contributed by atoms with Gasteiger partial charge < -0.3 is 29.4 Å². The van der Waals surface area contributed by atoms with E-state index in [1.165, 1.54) is 12.0 Å². The number of aromatic amines is 1. The van der Waals surface area contributed by atoms with E-state index in [2.05, 4.69) is 14.9 Å². The van der Waals surface area contributed by atoms with Gasteiger partial charge in [-0.25, -0.2) is 13.6 Å². The lowest BCUT2D eigenvalue weighted by Gasteiger charge is -2.35. The number of halogens is 2. The summed E-state index contributed by atoms with van der Waals surface area (Å²) in [5.74, 6) is -2.39. The van der Waals surface area contributed by atoms with E-state index in [-0.39, 0.29) is 42.9 Å². The van der Waals surface area contributed by atoms with Crippen LogP contribution in [0.15, 0.2) is 35.1 Å². The molecule has 2 fully saturated rings. The largest absolute Gasteiger partial charge is 0.496 e. The second-order valence-electron chi connectivity index (χ2n) is 10.8. The van der Waals surface area contributed by atoms with Gasteiger partial charge in [0.1, 0.15) is 5.75 Å². The van der Waals surface area contributed by atoms with Crippen LogP contribution in [0, 0.1) is 19.8 Å². The van der Waals surface area contributed by atoms with Crippen LogP contribution in [0.25, 0.3) is 10.9 Å². The molecule has 9 nitrogen and oxygen atoms in total. The van der Waals surface area contributed by atoms with Crippen LogP contribution in [0.4, 0.5) is 13.6 Å². The Morgan fingerprint density at radius 2 is 1.85 bits per heavy atom. The number of methoxy groups -OCH3 is 1. The number of likely N-dealkylation sites (tertiary alicyclic amines) is 2. The quantitative estimate of drug-likeness (QED) is 0.479. The SMILES string of the molecule is COc1cc(C)[nH]c(=O)c1CNC(=O)c1c(C)n(CC2CCN(C(=O)N3CCC(F)(F)C3)CC2)c2ccccc12. The molecule has 4 heterocycles. The Hall–Kier alpha value is -3.89. The lowest BCUT2D eigenvalue weighted by Crippen LogP contribution is -2.46. The highest BCUT2D eigenvalue weighted by Gasteiger charge is 2.42. The first-order chi connectivity index (χ1) is 19.1. The molecule has 3 aromatic rings. The summed E-state index contributed by atoms with van der Waals surface area (Å²) in [6.45, 7) is 5.00. The number of rotatable bonds is 6. The first-order valence-corrected chi connectivity index (χ1v) is 13.6. The van der Waals surface area contributed by atoms with E-state index in [1.54, 1.807) is 17.9 Å². The van der Waals surface area contributed by atoms with Gasteiger partial charge in [0.2, 0.25) is 0 Å². The fraction of sp³-hybridized carbons (Fsp3) is 0.483. The Kier molecular flexibility index (Phi) is 7.57. The van der Waals surface area contributed by atoms with Crippen molar-refractivity contribution in [2.75, 3.05) is 33.3 Å². The number of carbonyl (C=O) groups is 2. The van der Waals surface area contributed by atoms with E-state index in [0.717, 1.165) is 29.4 Å². The predicted molar refractivity (Wildman–Crippen MR) is 147 cm³/mol. The summed E-state index contributed by atoms with van der Waals surface area (Å²) in [6.07, 6.45) is 1.22. The smallest absolute Gasteiger partial charge is 0.320 e. The molecular formula is C29H35F2N5O4. The molecule has 0 radical (unpaired) electrons. The highest BCUT2D eigenvalue weighted by Crippen LogP contribution is 2.31. The van der Waals surface area contributed by atoms with E-state index >= 15 is 0 Å². The zero-order valence-electron chi connectivity index (χ0n) is 23.1. The monoisotopic (exact) mass is 555 g/mol. The van der Waals surface area contributed by atoms with Gasteiger partial charge in [-0.1, -0.05) is 18.2 Å². The summed E-state index contributed by atoms with van der Waals surface area (Å²) >= 11 is 0. The van der Waals surface area contributed by atoms with Crippen LogP contribution >= 0.6 is 0 Å². The summed E-state index contributed by atoms with van der Waals surface area (Å²) in [4.78, 5) is 44.4. The average molecular weight is 556 g/mol. The van der Waals surface area contributed by atoms with Gasteiger partial charge in [-0.15, -0.1) is 0 Å². The fourth-order valence-corrected chi connectivity index (χ4v) is 5.91. The summed E-state index contributed by atoms with van der Waals surface area (Å²) in [6, 6.07) is 9.14. The number of fused-ring (bicyclic) bond motifs is 1. The zero-order chi connectivity index (χ0) is 28.6. The van der Waals surface area contributed by atoms with Crippen molar-refractivity contribution in [1.29, 1.82) is 0 Å². The topological polar surface area (TPSA) is 99.7 Å². The highest BCUT2D eigenvalue weighted by molar-refractivity contribution is 6.08. The second kappa shape index (κ2) is 10.9. The normalized spacial score (nSPS) is 17.4. The second-order valence-corrected chi connectivity index (χ2v) is 10.8. The van der Waals surface area contributed by atoms with Crippen LogP contribution in [0.5, 0.6) is 5.75 Å². The summed E-state index contributed by atoms with van der Waals surface area (Å²) in [7, 11) is 1.49. The number of pyridine rings is 1. The molecule has 0 bridgehead atoms. The van der Waals surface area contributed by atoms with Crippen LogP contribution in [0.3, 0.4) is 0 Å². The molecule has 2 aromatic heterocycles. The molecule has 2 aliphatic heterocycles. The molecular weight excluding hydrogens is 520 g/mol. The van der Waals surface area contributed by atoms with E-state index in [4.69, 9.17) is 4.74 Å². The molecule has 2 aliphatic rings. The Labute approximate surface area is 231 Å². The number of benzene rings is 1. The number of amides is 3. The minimum Gasteiger partial charge on any atom is -0.496 e. The van der Waals surface area contributed by atoms with E-state index in [0.29, 0.717) is 42.2 Å². The minimum absolute atomic E-state index is 0.0198. The first-order valence-electron chi connectivity index (χ1n) is 13.6. The number of aromatic nitrogens is 2. The maximum atomic E-state index is 13.6. The lowest BCUT2D eigenvalue weighted by atomic mass is 9.96. The number of carbonyl (C=O) groups excluding carboxylic acids is 2. The predicted octanol–water partition coefficient (Wildman–Crippen LogP) is 4.06. The van der Waals surface area contributed by atoms with Crippen LogP contribution in [0.1, 0.15) is 46.6 Å². The number of nitrogens with zero attached hydrogens (tertiary/aromatic N) is 3. The number of ether oxygens (including phenoxy) is 1. The van der Waals surface area contributed by atoms with Crippen LogP contribution in [-0.2, 0) is 13.1 Å².